The largest absolute Gasteiger partial charge is 0.424 e. The third kappa shape index (κ3) is 8.39. The second-order valence-electron chi connectivity index (χ2n) is 12.3. The van der Waals surface area contributed by atoms with E-state index < -0.39 is 8.32 Å². The molecule has 2 aromatic rings. The Balaban J connectivity index is 1.50. The first-order valence-electron chi connectivity index (χ1n) is 15.0. The van der Waals surface area contributed by atoms with Gasteiger partial charge in [-0.3, -0.25) is 9.63 Å². The van der Waals surface area contributed by atoms with Gasteiger partial charge in [-0.15, -0.1) is 0 Å². The lowest BCUT2D eigenvalue weighted by Crippen LogP contribution is -2.65. The summed E-state index contributed by atoms with van der Waals surface area (Å²) in [5.74, 6) is -0.230. The molecule has 4 atom stereocenters. The van der Waals surface area contributed by atoms with Gasteiger partial charge in [0, 0.05) is 20.1 Å². The minimum atomic E-state index is -2.97. The number of hydrogen-bond acceptors (Lipinski definition) is 5. The first-order chi connectivity index (χ1) is 19.5. The number of ether oxygens (including phenoxy) is 2. The van der Waals surface area contributed by atoms with Gasteiger partial charge in [-0.25, -0.2) is 5.06 Å². The van der Waals surface area contributed by atoms with Crippen molar-refractivity contribution in [3.8, 4) is 0 Å². The third-order valence-corrected chi connectivity index (χ3v) is 13.5. The van der Waals surface area contributed by atoms with Crippen LogP contribution in [-0.2, 0) is 19.1 Å². The summed E-state index contributed by atoms with van der Waals surface area (Å²) in [5.41, 5.74) is 1.16. The van der Waals surface area contributed by atoms with E-state index in [9.17, 15) is 9.59 Å². The second kappa shape index (κ2) is 15.3. The summed E-state index contributed by atoms with van der Waals surface area (Å²) < 4.78 is 12.1. The normalized spacial score (nSPS) is 19.2. The molecule has 1 heterocycles. The van der Waals surface area contributed by atoms with Crippen molar-refractivity contribution in [2.75, 3.05) is 21.3 Å². The zero-order valence-electron chi connectivity index (χ0n) is 26.0. The van der Waals surface area contributed by atoms with Gasteiger partial charge in [-0.2, -0.15) is 0 Å². The summed E-state index contributed by atoms with van der Waals surface area (Å²) in [7, 11) is 1.86. The third-order valence-electron chi connectivity index (χ3n) is 8.95. The standard InChI is InChI=1S/C34H51NO5Si/c1-26-24-29(40-32(26)22-21-28(38-6)25-27(2)33(36)35(5)39-7)16-14-15-23-34(3,4)41(37,30-17-10-8-11-18-30)31-19-12-9-13-20-31/h8-13,17-20,27-29,32,37H,1,14-16,21-25H2,2-7H3/t27-,28-,29?,32+/m1/s1. The van der Waals surface area contributed by atoms with E-state index in [0.717, 1.165) is 60.9 Å². The molecule has 0 bridgehead atoms. The van der Waals surface area contributed by atoms with Crippen LogP contribution in [0.1, 0.15) is 72.1 Å². The first-order valence-corrected chi connectivity index (χ1v) is 17.0. The molecule has 1 amide bonds. The highest BCUT2D eigenvalue weighted by Gasteiger charge is 2.49. The van der Waals surface area contributed by atoms with Gasteiger partial charge in [0.2, 0.25) is 5.91 Å². The maximum Gasteiger partial charge on any atom is 0.258 e. The SMILES string of the molecule is C=C1CC(CCCCC(C)(C)[Si](O)(c2ccccc2)c2ccccc2)O[C@H]1CC[C@H](C[C@@H](C)C(=O)N(C)OC)OC. The predicted molar refractivity (Wildman–Crippen MR) is 169 cm³/mol. The Hall–Kier alpha value is -2.29. The lowest BCUT2D eigenvalue weighted by molar-refractivity contribution is -0.173. The number of hydrogen-bond donors (Lipinski definition) is 1. The van der Waals surface area contributed by atoms with E-state index in [0.29, 0.717) is 6.42 Å². The molecule has 1 unspecified atom stereocenters. The van der Waals surface area contributed by atoms with Crippen LogP contribution in [0, 0.1) is 5.92 Å². The van der Waals surface area contributed by atoms with Crippen molar-refractivity contribution < 1.29 is 23.9 Å². The average molecular weight is 582 g/mol. The van der Waals surface area contributed by atoms with Crippen LogP contribution < -0.4 is 10.4 Å². The minimum absolute atomic E-state index is 0.0194. The highest BCUT2D eigenvalue weighted by Crippen LogP contribution is 2.41. The van der Waals surface area contributed by atoms with Crippen LogP contribution in [0.4, 0.5) is 0 Å². The number of rotatable bonds is 16. The zero-order chi connectivity index (χ0) is 30.0. The number of unbranched alkanes of at least 4 members (excludes halogenated alkanes) is 1. The van der Waals surface area contributed by atoms with E-state index in [1.165, 1.54) is 12.2 Å². The maximum absolute atomic E-state index is 12.4. The van der Waals surface area contributed by atoms with E-state index in [2.05, 4.69) is 44.7 Å². The predicted octanol–water partition coefficient (Wildman–Crippen LogP) is 5.63. The van der Waals surface area contributed by atoms with Crippen LogP contribution >= 0.6 is 0 Å². The van der Waals surface area contributed by atoms with Crippen LogP contribution in [0.15, 0.2) is 72.8 Å². The Morgan fingerprint density at radius 2 is 1.66 bits per heavy atom. The summed E-state index contributed by atoms with van der Waals surface area (Å²) in [4.78, 5) is 29.8. The summed E-state index contributed by atoms with van der Waals surface area (Å²) in [6.45, 7) is 10.7. The Kier molecular flexibility index (Phi) is 12.4. The molecule has 0 aromatic heterocycles. The Morgan fingerprint density at radius 3 is 2.20 bits per heavy atom. The molecule has 2 aromatic carbocycles. The van der Waals surface area contributed by atoms with Gasteiger partial charge < -0.3 is 14.3 Å². The second-order valence-corrected chi connectivity index (χ2v) is 16.2. The minimum Gasteiger partial charge on any atom is -0.424 e. The molecule has 0 spiro atoms. The van der Waals surface area contributed by atoms with Crippen LogP contribution in [0.5, 0.6) is 0 Å². The van der Waals surface area contributed by atoms with Crippen LogP contribution in [0.25, 0.3) is 0 Å². The summed E-state index contributed by atoms with van der Waals surface area (Å²) in [6, 6.07) is 20.5. The fourth-order valence-corrected chi connectivity index (χ4v) is 10.0. The average Bonchev–Trinajstić information content (AvgIpc) is 3.35. The lowest BCUT2D eigenvalue weighted by Gasteiger charge is -2.41. The Morgan fingerprint density at radius 1 is 1.07 bits per heavy atom. The van der Waals surface area contributed by atoms with Crippen molar-refractivity contribution in [2.45, 2.75) is 95.5 Å². The van der Waals surface area contributed by atoms with Crippen molar-refractivity contribution in [3.63, 3.8) is 0 Å². The molecule has 1 saturated heterocycles. The molecule has 226 valence electrons. The fourth-order valence-electron chi connectivity index (χ4n) is 6.23. The number of benzene rings is 2. The Bertz CT molecular complexity index is 1050. The molecule has 41 heavy (non-hydrogen) atoms. The highest BCUT2D eigenvalue weighted by molar-refractivity contribution is 6.98. The Labute approximate surface area is 248 Å². The highest BCUT2D eigenvalue weighted by atomic mass is 28.4. The van der Waals surface area contributed by atoms with Crippen LogP contribution in [0.2, 0.25) is 5.04 Å². The molecule has 1 fully saturated rings. The van der Waals surface area contributed by atoms with Gasteiger partial charge in [0.25, 0.3) is 8.32 Å². The van der Waals surface area contributed by atoms with Gasteiger partial charge in [-0.1, -0.05) is 101 Å². The molecule has 7 heteroatoms. The van der Waals surface area contributed by atoms with E-state index in [1.54, 1.807) is 14.2 Å². The molecule has 6 nitrogen and oxygen atoms in total. The van der Waals surface area contributed by atoms with E-state index >= 15 is 0 Å². The lowest BCUT2D eigenvalue weighted by atomic mass is 9.96. The number of amides is 1. The zero-order valence-corrected chi connectivity index (χ0v) is 27.0. The summed E-state index contributed by atoms with van der Waals surface area (Å²) in [5, 5.41) is 3.17. The van der Waals surface area contributed by atoms with Gasteiger partial charge in [0.15, 0.2) is 0 Å². The monoisotopic (exact) mass is 581 g/mol. The van der Waals surface area contributed by atoms with Gasteiger partial charge in [-0.05, 0) is 59.5 Å². The molecule has 0 radical (unpaired) electrons. The molecule has 0 saturated carbocycles. The molecule has 3 rings (SSSR count). The molecule has 0 aliphatic carbocycles. The fraction of sp³-hybridized carbons (Fsp3) is 0.559. The van der Waals surface area contributed by atoms with Crippen molar-refractivity contribution in [1.82, 2.24) is 5.06 Å². The van der Waals surface area contributed by atoms with E-state index in [4.69, 9.17) is 14.3 Å². The summed E-state index contributed by atoms with van der Waals surface area (Å²) in [6.07, 6.45) is 7.42. The number of methoxy groups -OCH3 is 1. The summed E-state index contributed by atoms with van der Waals surface area (Å²) >= 11 is 0. The van der Waals surface area contributed by atoms with Crippen LogP contribution in [-0.4, -0.2) is 63.7 Å². The molecular weight excluding hydrogens is 530 g/mol. The van der Waals surface area contributed by atoms with E-state index in [1.807, 2.05) is 43.3 Å². The quantitative estimate of drug-likeness (QED) is 0.120. The molecular formula is C34H51NO5Si. The van der Waals surface area contributed by atoms with Gasteiger partial charge in [0.05, 0.1) is 25.4 Å². The van der Waals surface area contributed by atoms with Gasteiger partial charge in [0.1, 0.15) is 0 Å². The number of hydroxylamine groups is 2. The molecule has 1 aliphatic rings. The smallest absolute Gasteiger partial charge is 0.258 e. The molecule has 1 aliphatic heterocycles. The first kappa shape index (κ1) is 33.2. The van der Waals surface area contributed by atoms with Crippen molar-refractivity contribution in [3.05, 3.63) is 72.8 Å². The van der Waals surface area contributed by atoms with E-state index in [-0.39, 0.29) is 35.2 Å². The maximum atomic E-state index is 12.4. The number of nitrogens with zero attached hydrogens (tertiary/aromatic N) is 1. The van der Waals surface area contributed by atoms with Crippen LogP contribution in [0.3, 0.4) is 0 Å². The molecule has 1 N–H and O–H groups in total. The van der Waals surface area contributed by atoms with Gasteiger partial charge >= 0.3 is 0 Å². The number of carbonyl (C=O) groups is 1. The number of carbonyl (C=O) groups excluding carboxylic acids is 1. The topological polar surface area (TPSA) is 68.2 Å². The van der Waals surface area contributed by atoms with Crippen molar-refractivity contribution in [2.24, 2.45) is 5.92 Å². The van der Waals surface area contributed by atoms with Crippen molar-refractivity contribution >= 4 is 24.6 Å². The van der Waals surface area contributed by atoms with Crippen molar-refractivity contribution in [1.29, 1.82) is 0 Å².